The van der Waals surface area contributed by atoms with Crippen LogP contribution >= 0.6 is 0 Å². The van der Waals surface area contributed by atoms with Gasteiger partial charge >= 0.3 is 7.12 Å². The van der Waals surface area contributed by atoms with Crippen molar-refractivity contribution in [2.24, 2.45) is 0 Å². The SMILES string of the molecule is CC(NC(=O)c1cccc2ccc(C(C)C)cc12)C(=O)N1CCCC1B(O)O. The zero-order chi connectivity index (χ0) is 20.4. The first-order valence-electron chi connectivity index (χ1n) is 9.79. The van der Waals surface area contributed by atoms with E-state index < -0.39 is 19.1 Å². The molecule has 2 unspecified atom stereocenters. The van der Waals surface area contributed by atoms with Crippen molar-refractivity contribution in [3.05, 3.63) is 47.5 Å². The molecular weight excluding hydrogens is 355 g/mol. The van der Waals surface area contributed by atoms with Gasteiger partial charge in [0, 0.05) is 12.1 Å². The van der Waals surface area contributed by atoms with E-state index in [0.717, 1.165) is 22.8 Å². The topological polar surface area (TPSA) is 89.9 Å². The van der Waals surface area contributed by atoms with Gasteiger partial charge < -0.3 is 20.3 Å². The van der Waals surface area contributed by atoms with E-state index in [-0.39, 0.29) is 11.8 Å². The number of likely N-dealkylation sites (tertiary alicyclic amines) is 1. The third kappa shape index (κ3) is 4.05. The molecule has 0 radical (unpaired) electrons. The zero-order valence-electron chi connectivity index (χ0n) is 16.6. The van der Waals surface area contributed by atoms with Crippen molar-refractivity contribution in [1.29, 1.82) is 0 Å². The quantitative estimate of drug-likeness (QED) is 0.691. The zero-order valence-corrected chi connectivity index (χ0v) is 16.6. The van der Waals surface area contributed by atoms with Crippen LogP contribution in [0.3, 0.4) is 0 Å². The standard InChI is InChI=1S/C21H27BN2O4/c1-13(2)16-10-9-15-6-4-7-17(18(15)12-16)20(25)23-14(3)21(26)24-11-5-8-19(24)22(27)28/h4,6-7,9-10,12-14,19,27-28H,5,8,11H2,1-3H3,(H,23,25). The van der Waals surface area contributed by atoms with Crippen molar-refractivity contribution in [3.8, 4) is 0 Å². The first-order chi connectivity index (χ1) is 13.3. The lowest BCUT2D eigenvalue weighted by molar-refractivity contribution is -0.132. The summed E-state index contributed by atoms with van der Waals surface area (Å²) in [5, 5.41) is 23.6. The lowest BCUT2D eigenvalue weighted by Crippen LogP contribution is -2.52. The fourth-order valence-corrected chi connectivity index (χ4v) is 3.81. The van der Waals surface area contributed by atoms with Crippen molar-refractivity contribution in [2.75, 3.05) is 6.54 Å². The molecule has 6 nitrogen and oxygen atoms in total. The number of fused-ring (bicyclic) bond motifs is 1. The molecular formula is C21H27BN2O4. The Kier molecular flexibility index (Phi) is 6.06. The normalized spacial score (nSPS) is 17.8. The van der Waals surface area contributed by atoms with Gasteiger partial charge in [0.2, 0.25) is 5.91 Å². The predicted molar refractivity (Wildman–Crippen MR) is 110 cm³/mol. The Bertz CT molecular complexity index is 884. The molecule has 1 aliphatic rings. The van der Waals surface area contributed by atoms with Gasteiger partial charge in [0.15, 0.2) is 0 Å². The first-order valence-corrected chi connectivity index (χ1v) is 9.79. The molecule has 1 aliphatic heterocycles. The lowest BCUT2D eigenvalue weighted by Gasteiger charge is -2.27. The summed E-state index contributed by atoms with van der Waals surface area (Å²) in [6.45, 7) is 6.30. The third-order valence-corrected chi connectivity index (χ3v) is 5.46. The van der Waals surface area contributed by atoms with Gasteiger partial charge in [-0.15, -0.1) is 0 Å². The predicted octanol–water partition coefficient (Wildman–Crippen LogP) is 2.08. The van der Waals surface area contributed by atoms with Crippen LogP contribution in [-0.2, 0) is 4.79 Å². The molecule has 0 bridgehead atoms. The summed E-state index contributed by atoms with van der Waals surface area (Å²) in [7, 11) is -1.57. The van der Waals surface area contributed by atoms with Crippen LogP contribution in [0.5, 0.6) is 0 Å². The number of hydrogen-bond donors (Lipinski definition) is 3. The van der Waals surface area contributed by atoms with Crippen LogP contribution in [0, 0.1) is 0 Å². The highest BCUT2D eigenvalue weighted by molar-refractivity contribution is 6.43. The van der Waals surface area contributed by atoms with Gasteiger partial charge in [0.25, 0.3) is 5.91 Å². The summed E-state index contributed by atoms with van der Waals surface area (Å²) >= 11 is 0. The number of hydrogen-bond acceptors (Lipinski definition) is 4. The number of nitrogens with one attached hydrogen (secondary N) is 1. The van der Waals surface area contributed by atoms with Gasteiger partial charge in [-0.3, -0.25) is 9.59 Å². The molecule has 1 saturated heterocycles. The minimum atomic E-state index is -1.57. The molecule has 0 aliphatic carbocycles. The van der Waals surface area contributed by atoms with Gasteiger partial charge in [-0.1, -0.05) is 44.2 Å². The van der Waals surface area contributed by atoms with E-state index in [0.29, 0.717) is 24.4 Å². The number of rotatable bonds is 5. The van der Waals surface area contributed by atoms with Crippen molar-refractivity contribution in [2.45, 2.75) is 51.5 Å². The van der Waals surface area contributed by atoms with Crippen LogP contribution in [0.25, 0.3) is 10.8 Å². The number of amides is 2. The Morgan fingerprint density at radius 3 is 2.61 bits per heavy atom. The Morgan fingerprint density at radius 1 is 1.18 bits per heavy atom. The highest BCUT2D eigenvalue weighted by Crippen LogP contribution is 2.25. The Balaban J connectivity index is 1.81. The number of nitrogens with zero attached hydrogens (tertiary/aromatic N) is 1. The van der Waals surface area contributed by atoms with Gasteiger partial charge in [-0.25, -0.2) is 0 Å². The van der Waals surface area contributed by atoms with E-state index >= 15 is 0 Å². The van der Waals surface area contributed by atoms with Crippen molar-refractivity contribution < 1.29 is 19.6 Å². The Hall–Kier alpha value is -2.38. The minimum Gasteiger partial charge on any atom is -0.426 e. The second-order valence-electron chi connectivity index (χ2n) is 7.79. The summed E-state index contributed by atoms with van der Waals surface area (Å²) < 4.78 is 0. The maximum Gasteiger partial charge on any atom is 0.475 e. The molecule has 0 spiro atoms. The van der Waals surface area contributed by atoms with Crippen LogP contribution < -0.4 is 5.32 Å². The summed E-state index contributed by atoms with van der Waals surface area (Å²) in [6.07, 6.45) is 1.27. The second kappa shape index (κ2) is 8.33. The third-order valence-electron chi connectivity index (χ3n) is 5.46. The van der Waals surface area contributed by atoms with Crippen LogP contribution in [0.2, 0.25) is 0 Å². The molecule has 28 heavy (non-hydrogen) atoms. The summed E-state index contributed by atoms with van der Waals surface area (Å²) in [5.74, 6) is -0.879. The molecule has 2 amide bonds. The molecule has 2 aromatic carbocycles. The van der Waals surface area contributed by atoms with E-state index in [1.165, 1.54) is 4.90 Å². The molecule has 0 aromatic heterocycles. The van der Waals surface area contributed by atoms with E-state index in [2.05, 4.69) is 25.2 Å². The first kappa shape index (κ1) is 20.4. The molecule has 7 heteroatoms. The monoisotopic (exact) mass is 382 g/mol. The van der Waals surface area contributed by atoms with Crippen LogP contribution in [0.4, 0.5) is 0 Å². The van der Waals surface area contributed by atoms with E-state index in [9.17, 15) is 19.6 Å². The minimum absolute atomic E-state index is 0.299. The fourth-order valence-electron chi connectivity index (χ4n) is 3.81. The van der Waals surface area contributed by atoms with Gasteiger partial charge in [0.05, 0.1) is 5.94 Å². The maximum absolute atomic E-state index is 12.9. The number of benzene rings is 2. The number of carbonyl (C=O) groups is 2. The second-order valence-corrected chi connectivity index (χ2v) is 7.79. The molecule has 1 heterocycles. The smallest absolute Gasteiger partial charge is 0.426 e. The van der Waals surface area contributed by atoms with E-state index in [4.69, 9.17) is 0 Å². The Morgan fingerprint density at radius 2 is 1.93 bits per heavy atom. The highest BCUT2D eigenvalue weighted by Gasteiger charge is 2.38. The molecule has 0 saturated carbocycles. The van der Waals surface area contributed by atoms with Gasteiger partial charge in [-0.05, 0) is 48.1 Å². The summed E-state index contributed by atoms with van der Waals surface area (Å²) in [5.41, 5.74) is 1.67. The van der Waals surface area contributed by atoms with E-state index in [1.807, 2.05) is 24.3 Å². The average Bonchev–Trinajstić information content (AvgIpc) is 3.16. The molecule has 3 N–H and O–H groups in total. The van der Waals surface area contributed by atoms with Crippen LogP contribution in [0.1, 0.15) is 55.5 Å². The van der Waals surface area contributed by atoms with Crippen LogP contribution in [-0.4, -0.2) is 52.4 Å². The molecule has 3 rings (SSSR count). The van der Waals surface area contributed by atoms with Crippen molar-refractivity contribution in [1.82, 2.24) is 10.2 Å². The molecule has 2 aromatic rings. The highest BCUT2D eigenvalue weighted by atomic mass is 16.4. The molecule has 1 fully saturated rings. The molecule has 2 atom stereocenters. The maximum atomic E-state index is 12.9. The lowest BCUT2D eigenvalue weighted by atomic mass is 9.78. The number of carbonyl (C=O) groups excluding carboxylic acids is 2. The van der Waals surface area contributed by atoms with Crippen molar-refractivity contribution in [3.63, 3.8) is 0 Å². The fraction of sp³-hybridized carbons (Fsp3) is 0.429. The van der Waals surface area contributed by atoms with Gasteiger partial charge in [0.1, 0.15) is 6.04 Å². The summed E-state index contributed by atoms with van der Waals surface area (Å²) in [6, 6.07) is 10.9. The Labute approximate surface area is 165 Å². The van der Waals surface area contributed by atoms with E-state index in [1.54, 1.807) is 13.0 Å². The summed E-state index contributed by atoms with van der Waals surface area (Å²) in [4.78, 5) is 27.1. The largest absolute Gasteiger partial charge is 0.475 e. The van der Waals surface area contributed by atoms with Crippen molar-refractivity contribution >= 4 is 29.7 Å². The average molecular weight is 382 g/mol. The van der Waals surface area contributed by atoms with Gasteiger partial charge in [-0.2, -0.15) is 0 Å². The van der Waals surface area contributed by atoms with Crippen LogP contribution in [0.15, 0.2) is 36.4 Å². The molecule has 148 valence electrons.